The van der Waals surface area contributed by atoms with Crippen molar-refractivity contribution in [2.24, 2.45) is 0 Å². The van der Waals surface area contributed by atoms with Crippen molar-refractivity contribution in [1.82, 2.24) is 0 Å². The van der Waals surface area contributed by atoms with Gasteiger partial charge in [0.25, 0.3) is 0 Å². The first kappa shape index (κ1) is 8.50. The van der Waals surface area contributed by atoms with Crippen molar-refractivity contribution in [2.45, 2.75) is 26.7 Å². The molecule has 2 heteroatoms. The summed E-state index contributed by atoms with van der Waals surface area (Å²) in [5, 5.41) is 17.6. The summed E-state index contributed by atoms with van der Waals surface area (Å²) in [5.41, 5.74) is 0.678. The van der Waals surface area contributed by atoms with Crippen LogP contribution in [0.3, 0.4) is 0 Å². The largest absolute Gasteiger partial charge is 0.512 e. The van der Waals surface area contributed by atoms with Crippen LogP contribution in [0.15, 0.2) is 11.3 Å². The third-order valence-corrected chi connectivity index (χ3v) is 1.22. The molecule has 2 nitrogen and oxygen atoms in total. The highest BCUT2D eigenvalue weighted by atomic mass is 16.3. The van der Waals surface area contributed by atoms with E-state index in [0.717, 1.165) is 6.42 Å². The molecule has 0 heterocycles. The van der Waals surface area contributed by atoms with Gasteiger partial charge in [0.1, 0.15) is 0 Å². The molecule has 0 radical (unpaired) electrons. The van der Waals surface area contributed by atoms with Crippen LogP contribution in [0, 0.1) is 0 Å². The molecule has 0 fully saturated rings. The van der Waals surface area contributed by atoms with Crippen molar-refractivity contribution in [3.63, 3.8) is 0 Å². The molecular formula is C7H14O2. The van der Waals surface area contributed by atoms with Gasteiger partial charge in [-0.05, 0) is 18.9 Å². The Bertz CT molecular complexity index is 105. The van der Waals surface area contributed by atoms with E-state index in [9.17, 15) is 0 Å². The van der Waals surface area contributed by atoms with Crippen LogP contribution in [0.25, 0.3) is 0 Å². The fourth-order valence-electron chi connectivity index (χ4n) is 0.541. The minimum absolute atomic E-state index is 0.0359. The number of hydrogen-bond acceptors (Lipinski definition) is 2. The predicted octanol–water partition coefficient (Wildman–Crippen LogP) is 1.61. The Hall–Kier alpha value is -0.500. The highest BCUT2D eigenvalue weighted by Gasteiger charge is 1.95. The first-order valence-corrected chi connectivity index (χ1v) is 3.20. The maximum atomic E-state index is 9.04. The van der Waals surface area contributed by atoms with Crippen LogP contribution in [0.5, 0.6) is 0 Å². The molecule has 0 bridgehead atoms. The van der Waals surface area contributed by atoms with Crippen LogP contribution >= 0.6 is 0 Å². The summed E-state index contributed by atoms with van der Waals surface area (Å²) < 4.78 is 0. The summed E-state index contributed by atoms with van der Waals surface area (Å²) in [7, 11) is 0. The van der Waals surface area contributed by atoms with E-state index in [1.165, 1.54) is 0 Å². The van der Waals surface area contributed by atoms with E-state index in [1.54, 1.807) is 6.92 Å². The van der Waals surface area contributed by atoms with Crippen LogP contribution in [0.2, 0.25) is 0 Å². The molecule has 0 saturated carbocycles. The number of aliphatic hydroxyl groups is 2. The summed E-state index contributed by atoms with van der Waals surface area (Å²) in [4.78, 5) is 0. The highest BCUT2D eigenvalue weighted by molar-refractivity contribution is 5.03. The molecule has 0 aliphatic heterocycles. The van der Waals surface area contributed by atoms with E-state index in [2.05, 4.69) is 0 Å². The Morgan fingerprint density at radius 3 is 2.33 bits per heavy atom. The predicted molar refractivity (Wildman–Crippen MR) is 37.3 cm³/mol. The Labute approximate surface area is 55.8 Å². The first-order chi connectivity index (χ1) is 4.22. The van der Waals surface area contributed by atoms with Gasteiger partial charge >= 0.3 is 0 Å². The van der Waals surface area contributed by atoms with Crippen molar-refractivity contribution in [2.75, 3.05) is 6.61 Å². The van der Waals surface area contributed by atoms with Gasteiger partial charge in [-0.1, -0.05) is 6.92 Å². The van der Waals surface area contributed by atoms with Crippen molar-refractivity contribution >= 4 is 0 Å². The quantitative estimate of drug-likeness (QED) is 0.570. The molecular weight excluding hydrogens is 116 g/mol. The minimum atomic E-state index is -0.0359. The van der Waals surface area contributed by atoms with Gasteiger partial charge in [0, 0.05) is 6.42 Å². The van der Waals surface area contributed by atoms with Gasteiger partial charge in [-0.25, -0.2) is 0 Å². The van der Waals surface area contributed by atoms with Crippen molar-refractivity contribution in [3.8, 4) is 0 Å². The smallest absolute Gasteiger partial charge is 0.0934 e. The lowest BCUT2D eigenvalue weighted by Gasteiger charge is -1.99. The van der Waals surface area contributed by atoms with Crippen molar-refractivity contribution in [1.29, 1.82) is 0 Å². The van der Waals surface area contributed by atoms with Gasteiger partial charge in [0.05, 0.1) is 12.4 Å². The molecule has 9 heavy (non-hydrogen) atoms. The van der Waals surface area contributed by atoms with Crippen molar-refractivity contribution in [3.05, 3.63) is 11.3 Å². The van der Waals surface area contributed by atoms with Crippen molar-refractivity contribution < 1.29 is 10.2 Å². The molecule has 0 amide bonds. The lowest BCUT2D eigenvalue weighted by Crippen LogP contribution is -1.91. The van der Waals surface area contributed by atoms with E-state index in [0.29, 0.717) is 17.8 Å². The first-order valence-electron chi connectivity index (χ1n) is 3.20. The topological polar surface area (TPSA) is 40.5 Å². The second-order valence-corrected chi connectivity index (χ2v) is 2.14. The number of allylic oxidation sites excluding steroid dienone is 1. The Kier molecular flexibility index (Phi) is 4.14. The summed E-state index contributed by atoms with van der Waals surface area (Å²) in [5.74, 6) is 0.333. The molecule has 0 aliphatic rings. The summed E-state index contributed by atoms with van der Waals surface area (Å²) in [6.45, 7) is 3.68. The third kappa shape index (κ3) is 3.14. The fourth-order valence-corrected chi connectivity index (χ4v) is 0.541. The van der Waals surface area contributed by atoms with E-state index >= 15 is 0 Å². The normalized spacial score (nSPS) is 13.2. The zero-order valence-corrected chi connectivity index (χ0v) is 6.02. The van der Waals surface area contributed by atoms with Gasteiger partial charge in [-0.2, -0.15) is 0 Å². The summed E-state index contributed by atoms with van der Waals surface area (Å²) in [6.07, 6.45) is 1.59. The monoisotopic (exact) mass is 130 g/mol. The SMILES string of the molecule is CCCC(O)=C(C)CO. The van der Waals surface area contributed by atoms with Crippen LogP contribution < -0.4 is 0 Å². The standard InChI is InChI=1S/C7H14O2/c1-3-4-7(9)6(2)5-8/h8-9H,3-5H2,1-2H3. The van der Waals surface area contributed by atoms with E-state index < -0.39 is 0 Å². The van der Waals surface area contributed by atoms with Crippen LogP contribution in [0.1, 0.15) is 26.7 Å². The van der Waals surface area contributed by atoms with Gasteiger partial charge in [0.15, 0.2) is 0 Å². The third-order valence-electron chi connectivity index (χ3n) is 1.22. The Morgan fingerprint density at radius 2 is 2.00 bits per heavy atom. The van der Waals surface area contributed by atoms with E-state index in [-0.39, 0.29) is 6.61 Å². The second kappa shape index (κ2) is 4.39. The number of aliphatic hydroxyl groups excluding tert-OH is 2. The average molecular weight is 130 g/mol. The maximum absolute atomic E-state index is 9.04. The molecule has 0 aromatic heterocycles. The lowest BCUT2D eigenvalue weighted by molar-refractivity contribution is 0.309. The Morgan fingerprint density at radius 1 is 1.44 bits per heavy atom. The van der Waals surface area contributed by atoms with Gasteiger partial charge in [0.2, 0.25) is 0 Å². The molecule has 0 aromatic carbocycles. The van der Waals surface area contributed by atoms with Gasteiger partial charge in [-0.3, -0.25) is 0 Å². The van der Waals surface area contributed by atoms with Gasteiger partial charge < -0.3 is 10.2 Å². The lowest BCUT2D eigenvalue weighted by atomic mass is 10.2. The zero-order valence-electron chi connectivity index (χ0n) is 6.02. The molecule has 0 atom stereocenters. The van der Waals surface area contributed by atoms with E-state index in [1.807, 2.05) is 6.92 Å². The zero-order chi connectivity index (χ0) is 7.28. The summed E-state index contributed by atoms with van der Waals surface area (Å²) in [6, 6.07) is 0. The molecule has 0 unspecified atom stereocenters. The van der Waals surface area contributed by atoms with Crippen LogP contribution in [-0.2, 0) is 0 Å². The summed E-state index contributed by atoms with van der Waals surface area (Å²) >= 11 is 0. The van der Waals surface area contributed by atoms with E-state index in [4.69, 9.17) is 10.2 Å². The molecule has 2 N–H and O–H groups in total. The maximum Gasteiger partial charge on any atom is 0.0934 e. The molecule has 54 valence electrons. The molecule has 0 aliphatic carbocycles. The van der Waals surface area contributed by atoms with Crippen LogP contribution in [0.4, 0.5) is 0 Å². The van der Waals surface area contributed by atoms with Crippen LogP contribution in [-0.4, -0.2) is 16.8 Å². The average Bonchev–Trinajstić information content (AvgIpc) is 1.87. The molecule has 0 rings (SSSR count). The minimum Gasteiger partial charge on any atom is -0.512 e. The molecule has 0 aromatic rings. The highest BCUT2D eigenvalue weighted by Crippen LogP contribution is 2.05. The Balaban J connectivity index is 3.78. The number of rotatable bonds is 3. The molecule has 0 saturated heterocycles. The molecule has 0 spiro atoms. The van der Waals surface area contributed by atoms with Gasteiger partial charge in [-0.15, -0.1) is 0 Å². The number of hydrogen-bond donors (Lipinski definition) is 2. The fraction of sp³-hybridized carbons (Fsp3) is 0.714. The second-order valence-electron chi connectivity index (χ2n) is 2.14.